The fourth-order valence-corrected chi connectivity index (χ4v) is 4.53. The van der Waals surface area contributed by atoms with Gasteiger partial charge in [-0.05, 0) is 30.9 Å². The number of nitrogens with one attached hydrogen (secondary N) is 3. The molecule has 27 heavy (non-hydrogen) atoms. The maximum atomic E-state index is 6.00. The van der Waals surface area contributed by atoms with Gasteiger partial charge in [-0.15, -0.1) is 0 Å². The Hall–Kier alpha value is -2.54. The van der Waals surface area contributed by atoms with E-state index in [1.54, 1.807) is 0 Å². The van der Waals surface area contributed by atoms with Crippen LogP contribution in [0.2, 0.25) is 0 Å². The van der Waals surface area contributed by atoms with E-state index in [4.69, 9.17) is 4.74 Å². The number of nitrogens with zero attached hydrogens (tertiary/aromatic N) is 3. The third kappa shape index (κ3) is 3.06. The SMILES string of the molecule is CNc1cc(C)nc(Nc2cc3c(c(N4CC5CNC[C@H]5C4)c2)OCC3)n1. The van der Waals surface area contributed by atoms with Gasteiger partial charge in [0.2, 0.25) is 5.95 Å². The Morgan fingerprint density at radius 3 is 2.74 bits per heavy atom. The lowest BCUT2D eigenvalue weighted by Gasteiger charge is -2.23. The molecular formula is C20H26N6O. The summed E-state index contributed by atoms with van der Waals surface area (Å²) in [6, 6.07) is 6.31. The van der Waals surface area contributed by atoms with Crippen LogP contribution in [0.4, 0.5) is 23.1 Å². The van der Waals surface area contributed by atoms with Crippen LogP contribution in [0.15, 0.2) is 18.2 Å². The van der Waals surface area contributed by atoms with Gasteiger partial charge in [0.1, 0.15) is 11.6 Å². The normalized spacial score (nSPS) is 23.1. The van der Waals surface area contributed by atoms with Crippen molar-refractivity contribution in [3.63, 3.8) is 0 Å². The quantitative estimate of drug-likeness (QED) is 0.766. The first-order chi connectivity index (χ1) is 13.2. The van der Waals surface area contributed by atoms with Gasteiger partial charge in [-0.3, -0.25) is 0 Å². The van der Waals surface area contributed by atoms with Crippen LogP contribution >= 0.6 is 0 Å². The minimum absolute atomic E-state index is 0.617. The molecule has 2 atom stereocenters. The van der Waals surface area contributed by atoms with Crippen molar-refractivity contribution in [2.24, 2.45) is 11.8 Å². The van der Waals surface area contributed by atoms with E-state index in [0.717, 1.165) is 74.0 Å². The van der Waals surface area contributed by atoms with Crippen LogP contribution in [-0.4, -0.2) is 49.8 Å². The largest absolute Gasteiger partial charge is 0.491 e. The molecule has 3 aliphatic rings. The van der Waals surface area contributed by atoms with Gasteiger partial charge in [0.05, 0.1) is 12.3 Å². The molecule has 2 saturated heterocycles. The molecule has 0 radical (unpaired) electrons. The molecule has 0 saturated carbocycles. The summed E-state index contributed by atoms with van der Waals surface area (Å²) in [5.74, 6) is 3.99. The molecule has 0 amide bonds. The van der Waals surface area contributed by atoms with Gasteiger partial charge >= 0.3 is 0 Å². The number of anilines is 4. The molecule has 7 heteroatoms. The first-order valence-electron chi connectivity index (χ1n) is 9.75. The van der Waals surface area contributed by atoms with E-state index in [9.17, 15) is 0 Å². The Morgan fingerprint density at radius 2 is 1.96 bits per heavy atom. The number of fused-ring (bicyclic) bond motifs is 2. The van der Waals surface area contributed by atoms with Gasteiger partial charge in [0.25, 0.3) is 0 Å². The predicted molar refractivity (Wildman–Crippen MR) is 107 cm³/mol. The second-order valence-electron chi connectivity index (χ2n) is 7.76. The zero-order valence-corrected chi connectivity index (χ0v) is 15.9. The summed E-state index contributed by atoms with van der Waals surface area (Å²) in [4.78, 5) is 11.6. The van der Waals surface area contributed by atoms with Crippen LogP contribution in [-0.2, 0) is 6.42 Å². The van der Waals surface area contributed by atoms with Crippen LogP contribution in [0.3, 0.4) is 0 Å². The molecule has 2 aromatic rings. The highest BCUT2D eigenvalue weighted by Gasteiger charge is 2.37. The van der Waals surface area contributed by atoms with E-state index < -0.39 is 0 Å². The molecule has 3 N–H and O–H groups in total. The topological polar surface area (TPSA) is 74.3 Å². The molecule has 3 aliphatic heterocycles. The maximum absolute atomic E-state index is 6.00. The molecule has 1 unspecified atom stereocenters. The van der Waals surface area contributed by atoms with Gasteiger partial charge < -0.3 is 25.6 Å². The fraction of sp³-hybridized carbons (Fsp3) is 0.500. The number of benzene rings is 1. The van der Waals surface area contributed by atoms with E-state index in [1.807, 2.05) is 20.0 Å². The fourth-order valence-electron chi connectivity index (χ4n) is 4.53. The third-order valence-electron chi connectivity index (χ3n) is 5.86. The lowest BCUT2D eigenvalue weighted by molar-refractivity contribution is 0.357. The maximum Gasteiger partial charge on any atom is 0.229 e. The monoisotopic (exact) mass is 366 g/mol. The van der Waals surface area contributed by atoms with E-state index >= 15 is 0 Å². The predicted octanol–water partition coefficient (Wildman–Crippen LogP) is 2.16. The highest BCUT2D eigenvalue weighted by atomic mass is 16.5. The van der Waals surface area contributed by atoms with Crippen molar-refractivity contribution in [1.29, 1.82) is 0 Å². The Balaban J connectivity index is 1.46. The van der Waals surface area contributed by atoms with Gasteiger partial charge in [-0.2, -0.15) is 4.98 Å². The second kappa shape index (κ2) is 6.56. The summed E-state index contributed by atoms with van der Waals surface area (Å²) < 4.78 is 6.00. The van der Waals surface area contributed by atoms with Crippen molar-refractivity contribution in [2.45, 2.75) is 13.3 Å². The summed E-state index contributed by atoms with van der Waals surface area (Å²) in [6.07, 6.45) is 0.955. The van der Waals surface area contributed by atoms with E-state index in [-0.39, 0.29) is 0 Å². The first-order valence-corrected chi connectivity index (χ1v) is 9.75. The summed E-state index contributed by atoms with van der Waals surface area (Å²) in [7, 11) is 1.87. The minimum Gasteiger partial charge on any atom is -0.491 e. The van der Waals surface area contributed by atoms with Crippen LogP contribution in [0.25, 0.3) is 0 Å². The van der Waals surface area contributed by atoms with Crippen molar-refractivity contribution < 1.29 is 4.74 Å². The van der Waals surface area contributed by atoms with E-state index in [1.165, 1.54) is 11.3 Å². The summed E-state index contributed by atoms with van der Waals surface area (Å²) in [6.45, 7) is 7.20. The lowest BCUT2D eigenvalue weighted by atomic mass is 10.0. The lowest BCUT2D eigenvalue weighted by Crippen LogP contribution is -2.25. The zero-order chi connectivity index (χ0) is 18.4. The number of hydrogen-bond acceptors (Lipinski definition) is 7. The number of rotatable bonds is 4. The van der Waals surface area contributed by atoms with Crippen molar-refractivity contribution in [3.05, 3.63) is 29.5 Å². The minimum atomic E-state index is 0.617. The number of hydrogen-bond donors (Lipinski definition) is 3. The number of ether oxygens (including phenoxy) is 1. The van der Waals surface area contributed by atoms with Gasteiger partial charge in [-0.25, -0.2) is 4.98 Å². The summed E-state index contributed by atoms with van der Waals surface area (Å²) in [5.41, 5.74) is 4.44. The molecule has 7 nitrogen and oxygen atoms in total. The molecule has 5 rings (SSSR count). The van der Waals surface area contributed by atoms with Crippen LogP contribution in [0, 0.1) is 18.8 Å². The first kappa shape index (κ1) is 16.6. The Kier molecular flexibility index (Phi) is 4.04. The van der Waals surface area contributed by atoms with E-state index in [2.05, 4.69) is 43.0 Å². The van der Waals surface area contributed by atoms with Crippen molar-refractivity contribution in [2.75, 3.05) is 55.4 Å². The van der Waals surface area contributed by atoms with Gasteiger partial charge in [-0.1, -0.05) is 0 Å². The molecular weight excluding hydrogens is 340 g/mol. The third-order valence-corrected chi connectivity index (χ3v) is 5.86. The smallest absolute Gasteiger partial charge is 0.229 e. The Labute approximate surface area is 159 Å². The van der Waals surface area contributed by atoms with Crippen LogP contribution < -0.4 is 25.6 Å². The van der Waals surface area contributed by atoms with Crippen molar-refractivity contribution >= 4 is 23.1 Å². The van der Waals surface area contributed by atoms with Crippen LogP contribution in [0.1, 0.15) is 11.3 Å². The highest BCUT2D eigenvalue weighted by molar-refractivity contribution is 5.73. The van der Waals surface area contributed by atoms with E-state index in [0.29, 0.717) is 5.95 Å². The van der Waals surface area contributed by atoms with Crippen LogP contribution in [0.5, 0.6) is 5.75 Å². The second-order valence-corrected chi connectivity index (χ2v) is 7.76. The van der Waals surface area contributed by atoms with Crippen molar-refractivity contribution in [3.8, 4) is 5.75 Å². The standard InChI is InChI=1S/C20H26N6O/c1-12-5-18(21-2)25-20(23-12)24-16-6-13-3-4-27-19(13)17(7-16)26-10-14-8-22-9-15(14)11-26/h5-7,14-15,22H,3-4,8-11H2,1-2H3,(H2,21,23,24,25)/t14-,15?/m0/s1. The summed E-state index contributed by atoms with van der Waals surface area (Å²) >= 11 is 0. The average Bonchev–Trinajstić information content (AvgIpc) is 3.36. The van der Waals surface area contributed by atoms with Gasteiger partial charge in [0.15, 0.2) is 0 Å². The molecule has 0 spiro atoms. The number of aryl methyl sites for hydroxylation is 1. The molecule has 142 valence electrons. The average molecular weight is 366 g/mol. The Morgan fingerprint density at radius 1 is 1.15 bits per heavy atom. The molecule has 1 aromatic carbocycles. The molecule has 0 aliphatic carbocycles. The summed E-state index contributed by atoms with van der Waals surface area (Å²) in [5, 5.41) is 10.0. The highest BCUT2D eigenvalue weighted by Crippen LogP contribution is 2.42. The van der Waals surface area contributed by atoms with Gasteiger partial charge in [0, 0.05) is 62.7 Å². The zero-order valence-electron chi connectivity index (χ0n) is 15.9. The number of aromatic nitrogens is 2. The molecule has 2 fully saturated rings. The van der Waals surface area contributed by atoms with Crippen molar-refractivity contribution in [1.82, 2.24) is 15.3 Å². The molecule has 4 heterocycles. The molecule has 1 aromatic heterocycles. The molecule has 0 bridgehead atoms. The Bertz CT molecular complexity index is 858.